The number of anilines is 2. The van der Waals surface area contributed by atoms with Crippen molar-refractivity contribution in [2.24, 2.45) is 0 Å². The quantitative estimate of drug-likeness (QED) is 0.875. The number of methoxy groups -OCH3 is 1. The van der Waals surface area contributed by atoms with Crippen molar-refractivity contribution in [3.05, 3.63) is 41.9 Å². The van der Waals surface area contributed by atoms with Gasteiger partial charge in [0.15, 0.2) is 0 Å². The first-order valence-corrected chi connectivity index (χ1v) is 9.57. The molecule has 1 aromatic heterocycles. The summed E-state index contributed by atoms with van der Waals surface area (Å²) in [5.74, 6) is 2.07. The van der Waals surface area contributed by atoms with Crippen LogP contribution in [0.4, 0.5) is 11.5 Å². The molecule has 1 N–H and O–H groups in total. The van der Waals surface area contributed by atoms with Crippen molar-refractivity contribution in [2.75, 3.05) is 43.5 Å². The normalized spacial score (nSPS) is 14.8. The van der Waals surface area contributed by atoms with Gasteiger partial charge in [-0.3, -0.25) is 4.79 Å². The molecule has 0 radical (unpaired) electrons. The Morgan fingerprint density at radius 1 is 1.07 bits per heavy atom. The summed E-state index contributed by atoms with van der Waals surface area (Å²) in [7, 11) is 1.66. The fraction of sp³-hybridized carbons (Fsp3) is 0.476. The van der Waals surface area contributed by atoms with E-state index in [1.54, 1.807) is 13.2 Å². The summed E-state index contributed by atoms with van der Waals surface area (Å²) in [5, 5.41) is 3.32. The van der Waals surface area contributed by atoms with Gasteiger partial charge in [-0.25, -0.2) is 9.97 Å². The van der Waals surface area contributed by atoms with Crippen LogP contribution in [0.3, 0.4) is 0 Å². The third-order valence-electron chi connectivity index (χ3n) is 4.56. The average molecular weight is 383 g/mol. The summed E-state index contributed by atoms with van der Waals surface area (Å²) in [6.07, 6.45) is 0. The van der Waals surface area contributed by atoms with Gasteiger partial charge in [0.1, 0.15) is 23.1 Å². The first-order chi connectivity index (χ1) is 13.2. The van der Waals surface area contributed by atoms with E-state index in [-0.39, 0.29) is 11.4 Å². The third kappa shape index (κ3) is 4.91. The van der Waals surface area contributed by atoms with Gasteiger partial charge in [0.25, 0.3) is 5.91 Å². The zero-order chi connectivity index (χ0) is 20.3. The van der Waals surface area contributed by atoms with E-state index in [0.717, 1.165) is 24.5 Å². The van der Waals surface area contributed by atoms with Gasteiger partial charge in [0.05, 0.1) is 7.11 Å². The van der Waals surface area contributed by atoms with Crippen LogP contribution in [0.2, 0.25) is 0 Å². The molecule has 0 spiro atoms. The largest absolute Gasteiger partial charge is 0.497 e. The number of rotatable bonds is 4. The second kappa shape index (κ2) is 8.04. The maximum atomic E-state index is 13.0. The highest BCUT2D eigenvalue weighted by atomic mass is 16.5. The lowest BCUT2D eigenvalue weighted by atomic mass is 10.1. The summed E-state index contributed by atoms with van der Waals surface area (Å²) < 4.78 is 5.21. The number of piperazine rings is 1. The number of benzene rings is 1. The highest BCUT2D eigenvalue weighted by Crippen LogP contribution is 2.21. The number of carbonyl (C=O) groups is 1. The zero-order valence-electron chi connectivity index (χ0n) is 17.3. The summed E-state index contributed by atoms with van der Waals surface area (Å²) in [6.45, 7) is 10.9. The van der Waals surface area contributed by atoms with Gasteiger partial charge in [0.2, 0.25) is 0 Å². The van der Waals surface area contributed by atoms with E-state index in [2.05, 4.69) is 53.1 Å². The maximum absolute atomic E-state index is 13.0. The van der Waals surface area contributed by atoms with Crippen LogP contribution in [0, 0.1) is 6.92 Å². The Morgan fingerprint density at radius 3 is 2.29 bits per heavy atom. The molecule has 0 unspecified atom stereocenters. The van der Waals surface area contributed by atoms with Gasteiger partial charge in [-0.15, -0.1) is 0 Å². The van der Waals surface area contributed by atoms with Crippen LogP contribution in [0.1, 0.15) is 37.1 Å². The second-order valence-electron chi connectivity index (χ2n) is 8.04. The Hall–Kier alpha value is -2.83. The van der Waals surface area contributed by atoms with E-state index in [9.17, 15) is 4.79 Å². The molecule has 1 amide bonds. The highest BCUT2D eigenvalue weighted by molar-refractivity contribution is 5.93. The molecule has 0 saturated carbocycles. The minimum Gasteiger partial charge on any atom is -0.497 e. The van der Waals surface area contributed by atoms with Gasteiger partial charge in [0, 0.05) is 43.5 Å². The van der Waals surface area contributed by atoms with E-state index in [0.29, 0.717) is 30.4 Å². The Balaban J connectivity index is 1.66. The molecule has 0 aliphatic carbocycles. The highest BCUT2D eigenvalue weighted by Gasteiger charge is 2.24. The molecule has 150 valence electrons. The van der Waals surface area contributed by atoms with Crippen molar-refractivity contribution in [3.63, 3.8) is 0 Å². The lowest BCUT2D eigenvalue weighted by Crippen LogP contribution is -2.49. The number of nitrogens with zero attached hydrogens (tertiary/aromatic N) is 4. The number of aryl methyl sites for hydroxylation is 1. The smallest absolute Gasteiger partial charge is 0.272 e. The van der Waals surface area contributed by atoms with Gasteiger partial charge < -0.3 is 19.9 Å². The Labute approximate surface area is 166 Å². The van der Waals surface area contributed by atoms with E-state index in [1.807, 2.05) is 24.0 Å². The van der Waals surface area contributed by atoms with E-state index >= 15 is 0 Å². The molecule has 1 saturated heterocycles. The van der Waals surface area contributed by atoms with Crippen LogP contribution in [0.15, 0.2) is 30.3 Å². The number of hydrogen-bond donors (Lipinski definition) is 1. The topological polar surface area (TPSA) is 70.6 Å². The molecule has 7 nitrogen and oxygen atoms in total. The molecule has 2 aromatic rings. The summed E-state index contributed by atoms with van der Waals surface area (Å²) in [5.41, 5.74) is 1.45. The van der Waals surface area contributed by atoms with Gasteiger partial charge >= 0.3 is 0 Å². The molecule has 28 heavy (non-hydrogen) atoms. The average Bonchev–Trinajstić information content (AvgIpc) is 2.66. The van der Waals surface area contributed by atoms with Gasteiger partial charge in [-0.2, -0.15) is 0 Å². The number of amides is 1. The van der Waals surface area contributed by atoms with E-state index in [4.69, 9.17) is 4.74 Å². The fourth-order valence-corrected chi connectivity index (χ4v) is 3.25. The maximum Gasteiger partial charge on any atom is 0.272 e. The molecule has 1 aliphatic heterocycles. The van der Waals surface area contributed by atoms with E-state index in [1.165, 1.54) is 0 Å². The van der Waals surface area contributed by atoms with Gasteiger partial charge in [-0.1, -0.05) is 0 Å². The molecule has 0 bridgehead atoms. The first kappa shape index (κ1) is 19.9. The van der Waals surface area contributed by atoms with Crippen LogP contribution in [0.25, 0.3) is 0 Å². The van der Waals surface area contributed by atoms with Gasteiger partial charge in [-0.05, 0) is 52.0 Å². The Bertz CT molecular complexity index is 822. The van der Waals surface area contributed by atoms with Crippen molar-refractivity contribution in [2.45, 2.75) is 33.2 Å². The third-order valence-corrected chi connectivity index (χ3v) is 4.56. The molecular weight excluding hydrogens is 354 g/mol. The standard InChI is InChI=1S/C21H29N5O2/c1-15-22-18(14-19(23-15)24-21(2,3)4)20(27)26-12-10-25(11-13-26)16-6-8-17(28-5)9-7-16/h6-9,14H,10-13H2,1-5H3,(H,22,23,24). The molecule has 1 fully saturated rings. The fourth-order valence-electron chi connectivity index (χ4n) is 3.25. The summed E-state index contributed by atoms with van der Waals surface area (Å²) in [4.78, 5) is 25.9. The molecule has 1 aromatic carbocycles. The van der Waals surface area contributed by atoms with Crippen molar-refractivity contribution < 1.29 is 9.53 Å². The molecular formula is C21H29N5O2. The molecule has 3 rings (SSSR count). The minimum absolute atomic E-state index is 0.0446. The van der Waals surface area contributed by atoms with Crippen LogP contribution in [-0.4, -0.2) is 59.6 Å². The van der Waals surface area contributed by atoms with Crippen molar-refractivity contribution >= 4 is 17.4 Å². The predicted molar refractivity (Wildman–Crippen MR) is 111 cm³/mol. The van der Waals surface area contributed by atoms with Crippen molar-refractivity contribution in [1.29, 1.82) is 0 Å². The second-order valence-corrected chi connectivity index (χ2v) is 8.04. The first-order valence-electron chi connectivity index (χ1n) is 9.57. The molecule has 1 aliphatic rings. The zero-order valence-corrected chi connectivity index (χ0v) is 17.3. The number of ether oxygens (including phenoxy) is 1. The van der Waals surface area contributed by atoms with Crippen LogP contribution in [-0.2, 0) is 0 Å². The predicted octanol–water partition coefficient (Wildman–Crippen LogP) is 2.97. The number of carbonyl (C=O) groups excluding carboxylic acids is 1. The van der Waals surface area contributed by atoms with Crippen LogP contribution in [0.5, 0.6) is 5.75 Å². The monoisotopic (exact) mass is 383 g/mol. The number of hydrogen-bond acceptors (Lipinski definition) is 6. The SMILES string of the molecule is COc1ccc(N2CCN(C(=O)c3cc(NC(C)(C)C)nc(C)n3)CC2)cc1. The van der Waals surface area contributed by atoms with Crippen molar-refractivity contribution in [1.82, 2.24) is 14.9 Å². The summed E-state index contributed by atoms with van der Waals surface area (Å²) >= 11 is 0. The molecule has 7 heteroatoms. The number of aromatic nitrogens is 2. The Kier molecular flexibility index (Phi) is 5.72. The summed E-state index contributed by atoms with van der Waals surface area (Å²) in [6, 6.07) is 9.76. The van der Waals surface area contributed by atoms with Crippen LogP contribution < -0.4 is 15.0 Å². The number of nitrogens with one attached hydrogen (secondary N) is 1. The van der Waals surface area contributed by atoms with E-state index < -0.39 is 0 Å². The van der Waals surface area contributed by atoms with Crippen molar-refractivity contribution in [3.8, 4) is 5.75 Å². The molecule has 2 heterocycles. The lowest BCUT2D eigenvalue weighted by Gasteiger charge is -2.36. The Morgan fingerprint density at radius 2 is 1.71 bits per heavy atom. The van der Waals surface area contributed by atoms with Crippen LogP contribution >= 0.6 is 0 Å². The lowest BCUT2D eigenvalue weighted by molar-refractivity contribution is 0.0740. The minimum atomic E-state index is -0.134. The molecule has 0 atom stereocenters.